The standard InChI is InChI=1S/C23H25N3O5S/c27-20-6-5-19(22(28)24-20)26-13-16-11-18(32-21(16)23(26)29)14-31-17-3-1-15(2-4-17)12-25-7-9-30-10-8-25/h1-4,11,19H,5-10,12-14H2,(H,24,27,28)/t19-/m0/s1. The summed E-state index contributed by atoms with van der Waals surface area (Å²) in [6.45, 7) is 5.20. The van der Waals surface area contributed by atoms with Crippen LogP contribution < -0.4 is 10.1 Å². The summed E-state index contributed by atoms with van der Waals surface area (Å²) in [7, 11) is 0. The Morgan fingerprint density at radius 3 is 2.62 bits per heavy atom. The van der Waals surface area contributed by atoms with Crippen LogP contribution in [0.5, 0.6) is 5.75 Å². The molecule has 3 amide bonds. The van der Waals surface area contributed by atoms with E-state index in [1.165, 1.54) is 16.9 Å². The fourth-order valence-corrected chi connectivity index (χ4v) is 5.38. The second kappa shape index (κ2) is 9.01. The van der Waals surface area contributed by atoms with Crippen LogP contribution in [0.4, 0.5) is 0 Å². The van der Waals surface area contributed by atoms with E-state index in [1.54, 1.807) is 4.90 Å². The highest BCUT2D eigenvalue weighted by Gasteiger charge is 2.40. The van der Waals surface area contributed by atoms with Gasteiger partial charge in [0.1, 0.15) is 18.4 Å². The summed E-state index contributed by atoms with van der Waals surface area (Å²) in [5.74, 6) is -0.00870. The van der Waals surface area contributed by atoms with E-state index in [-0.39, 0.29) is 24.1 Å². The van der Waals surface area contributed by atoms with Crippen LogP contribution >= 0.6 is 11.3 Å². The van der Waals surface area contributed by atoms with Crippen molar-refractivity contribution in [3.63, 3.8) is 0 Å². The molecule has 3 aliphatic heterocycles. The molecule has 3 aliphatic rings. The first-order valence-corrected chi connectivity index (χ1v) is 11.7. The van der Waals surface area contributed by atoms with Gasteiger partial charge in [0, 0.05) is 37.5 Å². The highest BCUT2D eigenvalue weighted by molar-refractivity contribution is 7.14. The Labute approximate surface area is 190 Å². The van der Waals surface area contributed by atoms with Gasteiger partial charge in [0.25, 0.3) is 5.91 Å². The van der Waals surface area contributed by atoms with Crippen molar-refractivity contribution in [1.82, 2.24) is 15.1 Å². The second-order valence-corrected chi connectivity index (χ2v) is 9.42. The number of rotatable bonds is 6. The van der Waals surface area contributed by atoms with Crippen molar-refractivity contribution in [1.29, 1.82) is 0 Å². The van der Waals surface area contributed by atoms with Gasteiger partial charge in [0.05, 0.1) is 18.1 Å². The summed E-state index contributed by atoms with van der Waals surface area (Å²) in [5, 5.41) is 2.33. The fourth-order valence-electron chi connectivity index (χ4n) is 4.34. The van der Waals surface area contributed by atoms with Gasteiger partial charge in [-0.1, -0.05) is 12.1 Å². The van der Waals surface area contributed by atoms with Gasteiger partial charge in [0.2, 0.25) is 11.8 Å². The number of piperidine rings is 1. The molecule has 1 aromatic heterocycles. The number of hydrogen-bond acceptors (Lipinski definition) is 7. The summed E-state index contributed by atoms with van der Waals surface area (Å²) >= 11 is 1.41. The third-order valence-electron chi connectivity index (χ3n) is 6.06. The zero-order valence-corrected chi connectivity index (χ0v) is 18.5. The van der Waals surface area contributed by atoms with Crippen molar-refractivity contribution >= 4 is 29.1 Å². The lowest BCUT2D eigenvalue weighted by Gasteiger charge is -2.29. The smallest absolute Gasteiger partial charge is 0.265 e. The first-order chi connectivity index (χ1) is 15.6. The average molecular weight is 456 g/mol. The molecule has 168 valence electrons. The Morgan fingerprint density at radius 2 is 1.91 bits per heavy atom. The number of ether oxygens (including phenoxy) is 2. The van der Waals surface area contributed by atoms with Crippen LogP contribution in [0, 0.1) is 0 Å². The molecular formula is C23H25N3O5S. The van der Waals surface area contributed by atoms with Crippen LogP contribution in [0.25, 0.3) is 0 Å². The number of nitrogens with zero attached hydrogens (tertiary/aromatic N) is 2. The SMILES string of the molecule is O=C1CC[C@H](N2Cc3cc(COc4ccc(CN5CCOCC5)cc4)sc3C2=O)C(=O)N1. The lowest BCUT2D eigenvalue weighted by molar-refractivity contribution is -0.136. The molecule has 2 fully saturated rings. The Bertz CT molecular complexity index is 1030. The molecule has 0 radical (unpaired) electrons. The van der Waals surface area contributed by atoms with Crippen LogP contribution in [0.1, 0.15) is 38.5 Å². The molecule has 0 bridgehead atoms. The molecule has 1 N–H and O–H groups in total. The average Bonchev–Trinajstić information content (AvgIpc) is 3.33. The molecule has 2 saturated heterocycles. The van der Waals surface area contributed by atoms with Crippen LogP contribution in [-0.2, 0) is 34.0 Å². The summed E-state index contributed by atoms with van der Waals surface area (Å²) in [4.78, 5) is 41.9. The minimum atomic E-state index is -0.574. The quantitative estimate of drug-likeness (QED) is 0.670. The minimum absolute atomic E-state index is 0.141. The van der Waals surface area contributed by atoms with E-state index in [9.17, 15) is 14.4 Å². The number of thiophene rings is 1. The second-order valence-electron chi connectivity index (χ2n) is 8.29. The summed E-state index contributed by atoms with van der Waals surface area (Å²) < 4.78 is 11.3. The number of fused-ring (bicyclic) bond motifs is 1. The monoisotopic (exact) mass is 455 g/mol. The molecule has 9 heteroatoms. The van der Waals surface area contributed by atoms with Gasteiger partial charge in [-0.2, -0.15) is 0 Å². The third-order valence-corrected chi connectivity index (χ3v) is 7.20. The lowest BCUT2D eigenvalue weighted by atomic mass is 10.0. The number of amides is 3. The van der Waals surface area contributed by atoms with E-state index in [0.717, 1.165) is 49.0 Å². The van der Waals surface area contributed by atoms with Gasteiger partial charge in [-0.25, -0.2) is 0 Å². The molecule has 0 saturated carbocycles. The molecule has 0 aliphatic carbocycles. The Hall–Kier alpha value is -2.75. The van der Waals surface area contributed by atoms with Crippen molar-refractivity contribution in [3.8, 4) is 5.75 Å². The highest BCUT2D eigenvalue weighted by Crippen LogP contribution is 2.34. The molecule has 0 unspecified atom stereocenters. The van der Waals surface area contributed by atoms with E-state index < -0.39 is 6.04 Å². The van der Waals surface area contributed by atoms with Gasteiger partial charge in [-0.05, 0) is 35.7 Å². The fraction of sp³-hybridized carbons (Fsp3) is 0.435. The van der Waals surface area contributed by atoms with Crippen LogP contribution in [0.2, 0.25) is 0 Å². The van der Waals surface area contributed by atoms with Crippen molar-refractivity contribution in [2.24, 2.45) is 0 Å². The summed E-state index contributed by atoms with van der Waals surface area (Å²) in [6, 6.07) is 9.54. The van der Waals surface area contributed by atoms with Crippen molar-refractivity contribution < 1.29 is 23.9 Å². The first-order valence-electron chi connectivity index (χ1n) is 10.8. The van der Waals surface area contributed by atoms with E-state index in [2.05, 4.69) is 22.3 Å². The largest absolute Gasteiger partial charge is 0.488 e. The van der Waals surface area contributed by atoms with Crippen molar-refractivity contribution in [3.05, 3.63) is 51.2 Å². The molecule has 4 heterocycles. The lowest BCUT2D eigenvalue weighted by Crippen LogP contribution is -2.52. The number of hydrogen-bond donors (Lipinski definition) is 1. The maximum atomic E-state index is 12.8. The molecule has 8 nitrogen and oxygen atoms in total. The molecule has 1 aromatic carbocycles. The highest BCUT2D eigenvalue weighted by atomic mass is 32.1. The number of carbonyl (C=O) groups excluding carboxylic acids is 3. The maximum Gasteiger partial charge on any atom is 0.265 e. The van der Waals surface area contributed by atoms with Crippen LogP contribution in [-0.4, -0.2) is 59.9 Å². The molecule has 32 heavy (non-hydrogen) atoms. The predicted molar refractivity (Wildman–Crippen MR) is 117 cm³/mol. The summed E-state index contributed by atoms with van der Waals surface area (Å²) in [6.07, 6.45) is 0.640. The van der Waals surface area contributed by atoms with Crippen LogP contribution in [0.15, 0.2) is 30.3 Å². The number of imide groups is 1. The Morgan fingerprint density at radius 1 is 1.12 bits per heavy atom. The van der Waals surface area contributed by atoms with E-state index in [1.807, 2.05) is 18.2 Å². The molecular weight excluding hydrogens is 430 g/mol. The van der Waals surface area contributed by atoms with E-state index >= 15 is 0 Å². The van der Waals surface area contributed by atoms with Gasteiger partial charge >= 0.3 is 0 Å². The number of nitrogens with one attached hydrogen (secondary N) is 1. The van der Waals surface area contributed by atoms with Crippen molar-refractivity contribution in [2.75, 3.05) is 26.3 Å². The zero-order valence-electron chi connectivity index (χ0n) is 17.7. The molecule has 2 aromatic rings. The maximum absolute atomic E-state index is 12.8. The predicted octanol–water partition coefficient (Wildman–Crippen LogP) is 1.92. The Balaban J connectivity index is 1.16. The van der Waals surface area contributed by atoms with Crippen molar-refractivity contribution in [2.45, 2.75) is 38.6 Å². The van der Waals surface area contributed by atoms with Gasteiger partial charge < -0.3 is 14.4 Å². The van der Waals surface area contributed by atoms with E-state index in [0.29, 0.717) is 24.4 Å². The van der Waals surface area contributed by atoms with Gasteiger partial charge in [0.15, 0.2) is 0 Å². The molecule has 0 spiro atoms. The Kier molecular flexibility index (Phi) is 5.95. The van der Waals surface area contributed by atoms with Crippen LogP contribution in [0.3, 0.4) is 0 Å². The van der Waals surface area contributed by atoms with Gasteiger partial charge in [-0.3, -0.25) is 24.6 Å². The number of benzene rings is 1. The molecule has 1 atom stereocenters. The van der Waals surface area contributed by atoms with E-state index in [4.69, 9.17) is 9.47 Å². The molecule has 5 rings (SSSR count). The van der Waals surface area contributed by atoms with Gasteiger partial charge in [-0.15, -0.1) is 11.3 Å². The number of morpholine rings is 1. The third kappa shape index (κ3) is 4.41. The zero-order chi connectivity index (χ0) is 22.1. The summed E-state index contributed by atoms with van der Waals surface area (Å²) in [5.41, 5.74) is 2.16. The topological polar surface area (TPSA) is 88.2 Å². The first kappa shape index (κ1) is 21.1. The normalized spacial score (nSPS) is 21.6. The minimum Gasteiger partial charge on any atom is -0.488 e. The number of carbonyl (C=O) groups is 3.